The number of aryl methyl sites for hydroxylation is 1. The number of likely N-dealkylation sites (N-methyl/N-ethyl adjacent to an activating group) is 1. The van der Waals surface area contributed by atoms with Gasteiger partial charge in [0.25, 0.3) is 5.56 Å². The fraction of sp³-hybridized carbons (Fsp3) is 0.273. The van der Waals surface area contributed by atoms with E-state index in [9.17, 15) is 19.2 Å². The minimum atomic E-state index is -0.604. The zero-order chi connectivity index (χ0) is 31.2. The first-order chi connectivity index (χ1) is 21.2. The Morgan fingerprint density at radius 1 is 1.07 bits per heavy atom. The van der Waals surface area contributed by atoms with E-state index in [0.29, 0.717) is 34.6 Å². The van der Waals surface area contributed by atoms with Crippen molar-refractivity contribution in [3.8, 4) is 0 Å². The summed E-state index contributed by atoms with van der Waals surface area (Å²) in [5, 5.41) is 7.16. The van der Waals surface area contributed by atoms with E-state index in [4.69, 9.17) is 9.47 Å². The molecule has 1 aliphatic rings. The predicted octanol–water partition coefficient (Wildman–Crippen LogP) is 5.22. The topological polar surface area (TPSA) is 133 Å². The number of fused-ring (bicyclic) bond motifs is 1. The van der Waals surface area contributed by atoms with Crippen LogP contribution in [0.4, 0.5) is 26.7 Å². The van der Waals surface area contributed by atoms with Gasteiger partial charge in [0.05, 0.1) is 25.4 Å². The van der Waals surface area contributed by atoms with Gasteiger partial charge >= 0.3 is 12.2 Å². The SMILES string of the molecule is Cc1ccccc1C(C)COC(=O)Nc1ccc(N2CCOC2=O)c(CN(C)C(=O)CNc2ccc3cc[nH]c(=O)c3c2)c1. The van der Waals surface area contributed by atoms with Crippen LogP contribution in [0.15, 0.2) is 77.7 Å². The lowest BCUT2D eigenvalue weighted by Gasteiger charge is -2.23. The number of pyridine rings is 1. The summed E-state index contributed by atoms with van der Waals surface area (Å²) in [6, 6.07) is 20.2. The Hall–Kier alpha value is -5.32. The summed E-state index contributed by atoms with van der Waals surface area (Å²) in [6.07, 6.45) is 0.513. The van der Waals surface area contributed by atoms with Crippen molar-refractivity contribution in [3.05, 3.63) is 100.0 Å². The molecular formula is C33H35N5O6. The highest BCUT2D eigenvalue weighted by molar-refractivity contribution is 5.92. The first kappa shape index (κ1) is 30.1. The maximum absolute atomic E-state index is 13.1. The molecule has 3 N–H and O–H groups in total. The lowest BCUT2D eigenvalue weighted by Crippen LogP contribution is -2.33. The van der Waals surface area contributed by atoms with Crippen molar-refractivity contribution in [2.45, 2.75) is 26.3 Å². The molecule has 0 radical (unpaired) electrons. The summed E-state index contributed by atoms with van der Waals surface area (Å²) in [5.74, 6) is -0.199. The highest BCUT2D eigenvalue weighted by Crippen LogP contribution is 2.28. The van der Waals surface area contributed by atoms with Crippen LogP contribution in [0.3, 0.4) is 0 Å². The molecule has 1 aromatic heterocycles. The number of amides is 3. The Morgan fingerprint density at radius 2 is 1.86 bits per heavy atom. The smallest absolute Gasteiger partial charge is 0.414 e. The second kappa shape index (κ2) is 13.3. The molecule has 0 aliphatic carbocycles. The van der Waals surface area contributed by atoms with Gasteiger partial charge in [0.2, 0.25) is 5.91 Å². The zero-order valence-electron chi connectivity index (χ0n) is 24.9. The molecule has 11 nitrogen and oxygen atoms in total. The van der Waals surface area contributed by atoms with Gasteiger partial charge in [0.1, 0.15) is 6.61 Å². The molecule has 2 heterocycles. The van der Waals surface area contributed by atoms with Crippen LogP contribution in [-0.2, 0) is 20.8 Å². The molecule has 0 bridgehead atoms. The number of aromatic nitrogens is 1. The number of carbonyl (C=O) groups excluding carboxylic acids is 3. The summed E-state index contributed by atoms with van der Waals surface area (Å²) < 4.78 is 10.6. The van der Waals surface area contributed by atoms with Crippen LogP contribution in [-0.4, -0.2) is 61.3 Å². The number of H-pyrrole nitrogens is 1. The van der Waals surface area contributed by atoms with Crippen molar-refractivity contribution in [1.29, 1.82) is 0 Å². The second-order valence-corrected chi connectivity index (χ2v) is 10.8. The molecule has 0 spiro atoms. The van der Waals surface area contributed by atoms with Crippen LogP contribution < -0.4 is 21.1 Å². The number of nitrogens with one attached hydrogen (secondary N) is 3. The number of rotatable bonds is 10. The standard InChI is InChI=1S/C33H35N5O6/c1-21-6-4-5-7-27(21)22(2)20-44-32(41)36-26-10-11-29(38-14-15-43-33(38)42)24(16-26)19-37(3)30(39)18-35-25-9-8-23-12-13-34-31(40)28(23)17-25/h4-13,16-17,22,35H,14-15,18-20H2,1-3H3,(H,34,40)(H,36,41). The summed E-state index contributed by atoms with van der Waals surface area (Å²) in [5.41, 5.74) is 4.36. The molecule has 0 saturated carbocycles. The van der Waals surface area contributed by atoms with Crippen LogP contribution >= 0.6 is 0 Å². The lowest BCUT2D eigenvalue weighted by atomic mass is 9.97. The number of ether oxygens (including phenoxy) is 2. The first-order valence-electron chi connectivity index (χ1n) is 14.4. The number of benzene rings is 3. The minimum Gasteiger partial charge on any atom is -0.449 e. The third kappa shape index (κ3) is 7.00. The molecule has 1 atom stereocenters. The molecule has 1 unspecified atom stereocenters. The van der Waals surface area contributed by atoms with Gasteiger partial charge in [0.15, 0.2) is 0 Å². The summed E-state index contributed by atoms with van der Waals surface area (Å²) in [6.45, 7) is 5.00. The number of cyclic esters (lactones) is 1. The Balaban J connectivity index is 1.25. The third-order valence-corrected chi connectivity index (χ3v) is 7.61. The third-order valence-electron chi connectivity index (χ3n) is 7.61. The van der Waals surface area contributed by atoms with E-state index in [1.807, 2.05) is 56.3 Å². The molecule has 1 aliphatic heterocycles. The van der Waals surface area contributed by atoms with E-state index in [-0.39, 0.29) is 43.7 Å². The van der Waals surface area contributed by atoms with Crippen molar-refractivity contribution >= 4 is 45.9 Å². The Labute approximate surface area is 254 Å². The Bertz CT molecular complexity index is 1750. The average molecular weight is 598 g/mol. The highest BCUT2D eigenvalue weighted by Gasteiger charge is 2.27. The van der Waals surface area contributed by atoms with Crippen molar-refractivity contribution in [2.75, 3.05) is 48.9 Å². The zero-order valence-corrected chi connectivity index (χ0v) is 24.9. The molecule has 1 saturated heterocycles. The molecule has 44 heavy (non-hydrogen) atoms. The molecule has 4 aromatic rings. The first-order valence-corrected chi connectivity index (χ1v) is 14.4. The highest BCUT2D eigenvalue weighted by atomic mass is 16.6. The summed E-state index contributed by atoms with van der Waals surface area (Å²) >= 11 is 0. The van der Waals surface area contributed by atoms with Gasteiger partial charge in [0, 0.05) is 42.5 Å². The van der Waals surface area contributed by atoms with E-state index >= 15 is 0 Å². The van der Waals surface area contributed by atoms with Gasteiger partial charge in [-0.05, 0) is 65.4 Å². The van der Waals surface area contributed by atoms with Crippen LogP contribution in [0.2, 0.25) is 0 Å². The average Bonchev–Trinajstić information content (AvgIpc) is 3.44. The summed E-state index contributed by atoms with van der Waals surface area (Å²) in [7, 11) is 1.66. The second-order valence-electron chi connectivity index (χ2n) is 10.8. The van der Waals surface area contributed by atoms with Crippen LogP contribution in [0.1, 0.15) is 29.5 Å². The number of anilines is 3. The van der Waals surface area contributed by atoms with Gasteiger partial charge < -0.3 is 24.7 Å². The number of aromatic amines is 1. The molecule has 228 valence electrons. The van der Waals surface area contributed by atoms with Crippen molar-refractivity contribution in [2.24, 2.45) is 0 Å². The normalized spacial score (nSPS) is 13.3. The Morgan fingerprint density at radius 3 is 2.64 bits per heavy atom. The van der Waals surface area contributed by atoms with E-state index in [1.165, 1.54) is 9.80 Å². The van der Waals surface area contributed by atoms with Crippen LogP contribution in [0.25, 0.3) is 10.8 Å². The molecule has 3 aromatic carbocycles. The summed E-state index contributed by atoms with van der Waals surface area (Å²) in [4.78, 5) is 56.0. The molecular weight excluding hydrogens is 562 g/mol. The predicted molar refractivity (Wildman–Crippen MR) is 169 cm³/mol. The fourth-order valence-electron chi connectivity index (χ4n) is 5.20. The lowest BCUT2D eigenvalue weighted by molar-refractivity contribution is -0.128. The maximum atomic E-state index is 13.1. The largest absolute Gasteiger partial charge is 0.449 e. The van der Waals surface area contributed by atoms with Crippen molar-refractivity contribution < 1.29 is 23.9 Å². The Kier molecular flexibility index (Phi) is 9.13. The molecule has 5 rings (SSSR count). The van der Waals surface area contributed by atoms with E-state index < -0.39 is 12.2 Å². The fourth-order valence-corrected chi connectivity index (χ4v) is 5.20. The minimum absolute atomic E-state index is 0.0167. The maximum Gasteiger partial charge on any atom is 0.414 e. The van der Waals surface area contributed by atoms with Crippen LogP contribution in [0.5, 0.6) is 0 Å². The van der Waals surface area contributed by atoms with Gasteiger partial charge in [-0.15, -0.1) is 0 Å². The van der Waals surface area contributed by atoms with E-state index in [0.717, 1.165) is 16.5 Å². The van der Waals surface area contributed by atoms with Crippen molar-refractivity contribution in [1.82, 2.24) is 9.88 Å². The number of carbonyl (C=O) groups is 3. The number of hydrogen-bond acceptors (Lipinski definition) is 7. The van der Waals surface area contributed by atoms with Crippen molar-refractivity contribution in [3.63, 3.8) is 0 Å². The monoisotopic (exact) mass is 597 g/mol. The molecule has 11 heteroatoms. The van der Waals surface area contributed by atoms with Gasteiger partial charge in [-0.3, -0.25) is 19.8 Å². The van der Waals surface area contributed by atoms with Gasteiger partial charge in [-0.2, -0.15) is 0 Å². The van der Waals surface area contributed by atoms with Gasteiger partial charge in [-0.25, -0.2) is 9.59 Å². The molecule has 1 fully saturated rings. The number of hydrogen-bond donors (Lipinski definition) is 3. The van der Waals surface area contributed by atoms with Crippen LogP contribution in [0, 0.1) is 6.92 Å². The molecule has 3 amide bonds. The number of nitrogens with zero attached hydrogens (tertiary/aromatic N) is 2. The van der Waals surface area contributed by atoms with E-state index in [1.54, 1.807) is 37.5 Å². The van der Waals surface area contributed by atoms with E-state index in [2.05, 4.69) is 15.6 Å². The quantitative estimate of drug-likeness (QED) is 0.228. The van der Waals surface area contributed by atoms with Gasteiger partial charge in [-0.1, -0.05) is 37.3 Å².